The van der Waals surface area contributed by atoms with Crippen LogP contribution in [-0.2, 0) is 19.9 Å². The van der Waals surface area contributed by atoms with Gasteiger partial charge in [0, 0.05) is 31.3 Å². The van der Waals surface area contributed by atoms with E-state index in [1.54, 1.807) is 16.0 Å². The molecule has 0 fully saturated rings. The zero-order chi connectivity index (χ0) is 15.4. The Bertz CT molecular complexity index is 613. The van der Waals surface area contributed by atoms with Gasteiger partial charge >= 0.3 is 6.03 Å². The average Bonchev–Trinajstić information content (AvgIpc) is 2.92. The first-order chi connectivity index (χ1) is 9.99. The van der Waals surface area contributed by atoms with E-state index in [1.165, 1.54) is 4.88 Å². The minimum Gasteiger partial charge on any atom is -0.337 e. The number of thiazole rings is 1. The van der Waals surface area contributed by atoms with Crippen LogP contribution in [0.3, 0.4) is 0 Å². The first kappa shape index (κ1) is 15.4. The van der Waals surface area contributed by atoms with Crippen molar-refractivity contribution in [2.24, 2.45) is 7.05 Å². The Labute approximate surface area is 127 Å². The number of hydrogen-bond acceptors (Lipinski definition) is 5. The molecule has 0 spiro atoms. The fraction of sp³-hybridized carbons (Fsp3) is 0.538. The molecule has 8 heteroatoms. The van der Waals surface area contributed by atoms with Gasteiger partial charge in [-0.3, -0.25) is 10.00 Å². The van der Waals surface area contributed by atoms with Gasteiger partial charge in [-0.25, -0.2) is 9.78 Å². The predicted octanol–water partition coefficient (Wildman–Crippen LogP) is 1.82. The summed E-state index contributed by atoms with van der Waals surface area (Å²) in [7, 11) is 1.81. The topological polar surface area (TPSA) is 84.7 Å². The number of carbonyl (C=O) groups is 1. The highest BCUT2D eigenvalue weighted by Crippen LogP contribution is 2.16. The Balaban J connectivity index is 1.79. The lowest BCUT2D eigenvalue weighted by Gasteiger charge is -2.03. The molecule has 0 aliphatic carbocycles. The monoisotopic (exact) mass is 308 g/mol. The normalized spacial score (nSPS) is 10.7. The number of rotatable bonds is 5. The minimum absolute atomic E-state index is 0.298. The van der Waals surface area contributed by atoms with Crippen molar-refractivity contribution in [1.82, 2.24) is 25.1 Å². The lowest BCUT2D eigenvalue weighted by molar-refractivity contribution is 0.252. The average molecular weight is 308 g/mol. The van der Waals surface area contributed by atoms with Gasteiger partial charge < -0.3 is 5.32 Å². The summed E-state index contributed by atoms with van der Waals surface area (Å²) in [5, 5.41) is 10.6. The van der Waals surface area contributed by atoms with Crippen molar-refractivity contribution in [2.45, 2.75) is 33.6 Å². The van der Waals surface area contributed by atoms with Gasteiger partial charge in [0.05, 0.1) is 10.7 Å². The number of hydrogen-bond donors (Lipinski definition) is 2. The van der Waals surface area contributed by atoms with Crippen molar-refractivity contribution in [1.29, 1.82) is 0 Å². The fourth-order valence-corrected chi connectivity index (χ4v) is 2.79. The molecule has 0 aliphatic rings. The molecule has 7 nitrogen and oxygen atoms in total. The second-order valence-corrected chi connectivity index (χ2v) is 6.00. The highest BCUT2D eigenvalue weighted by molar-refractivity contribution is 7.11. The first-order valence-corrected chi connectivity index (χ1v) is 7.69. The molecule has 0 saturated carbocycles. The molecule has 2 aromatic rings. The molecule has 0 atom stereocenters. The van der Waals surface area contributed by atoms with Crippen LogP contribution in [0.2, 0.25) is 0 Å². The van der Waals surface area contributed by atoms with Gasteiger partial charge in [0.2, 0.25) is 5.95 Å². The molecule has 2 rings (SSSR count). The van der Waals surface area contributed by atoms with E-state index in [1.807, 2.05) is 20.9 Å². The lowest BCUT2D eigenvalue weighted by Crippen LogP contribution is -2.30. The number of nitrogens with zero attached hydrogens (tertiary/aromatic N) is 4. The third-order valence-electron chi connectivity index (χ3n) is 3.09. The van der Waals surface area contributed by atoms with Crippen LogP contribution in [0.25, 0.3) is 0 Å². The van der Waals surface area contributed by atoms with E-state index in [0.29, 0.717) is 12.5 Å². The maximum absolute atomic E-state index is 11.8. The zero-order valence-corrected chi connectivity index (χ0v) is 13.5. The summed E-state index contributed by atoms with van der Waals surface area (Å²) in [6.45, 7) is 6.57. The molecule has 0 bridgehead atoms. The van der Waals surface area contributed by atoms with Crippen LogP contribution >= 0.6 is 11.3 Å². The van der Waals surface area contributed by atoms with E-state index in [9.17, 15) is 4.79 Å². The summed E-state index contributed by atoms with van der Waals surface area (Å²) in [4.78, 5) is 21.6. The van der Waals surface area contributed by atoms with Crippen LogP contribution in [-0.4, -0.2) is 32.3 Å². The molecular formula is C13H20N6OS. The van der Waals surface area contributed by atoms with Gasteiger partial charge in [-0.05, 0) is 13.8 Å². The van der Waals surface area contributed by atoms with Crippen LogP contribution in [0, 0.1) is 13.8 Å². The van der Waals surface area contributed by atoms with E-state index in [2.05, 4.69) is 32.6 Å². The fourth-order valence-electron chi connectivity index (χ4n) is 1.85. The summed E-state index contributed by atoms with van der Waals surface area (Å²) >= 11 is 1.67. The number of carbonyl (C=O) groups excluding carboxylic acids is 1. The SMILES string of the molecule is CCc1nc(NC(=O)NCCc2nc(C)c(C)s2)nn1C. The number of aromatic nitrogens is 4. The number of urea groups is 1. The Hall–Kier alpha value is -1.96. The summed E-state index contributed by atoms with van der Waals surface area (Å²) in [6.07, 6.45) is 1.50. The van der Waals surface area contributed by atoms with Crippen molar-refractivity contribution in [3.63, 3.8) is 0 Å². The number of nitrogens with one attached hydrogen (secondary N) is 2. The van der Waals surface area contributed by atoms with Crippen molar-refractivity contribution < 1.29 is 4.79 Å². The van der Waals surface area contributed by atoms with Gasteiger partial charge in [0.1, 0.15) is 5.82 Å². The Morgan fingerprint density at radius 3 is 2.67 bits per heavy atom. The molecular weight excluding hydrogens is 288 g/mol. The molecule has 0 saturated heterocycles. The molecule has 2 aromatic heterocycles. The van der Waals surface area contributed by atoms with E-state index in [-0.39, 0.29) is 6.03 Å². The van der Waals surface area contributed by atoms with E-state index in [4.69, 9.17) is 0 Å². The van der Waals surface area contributed by atoms with Crippen LogP contribution in [0.4, 0.5) is 10.7 Å². The Morgan fingerprint density at radius 2 is 2.10 bits per heavy atom. The van der Waals surface area contributed by atoms with Gasteiger partial charge in [-0.15, -0.1) is 16.4 Å². The van der Waals surface area contributed by atoms with Gasteiger partial charge in [-0.2, -0.15) is 4.98 Å². The smallest absolute Gasteiger partial charge is 0.321 e. The summed E-state index contributed by atoms with van der Waals surface area (Å²) in [5.74, 6) is 1.16. The molecule has 21 heavy (non-hydrogen) atoms. The van der Waals surface area contributed by atoms with Crippen molar-refractivity contribution in [3.8, 4) is 0 Å². The minimum atomic E-state index is -0.298. The van der Waals surface area contributed by atoms with Gasteiger partial charge in [-0.1, -0.05) is 6.92 Å². The third-order valence-corrected chi connectivity index (χ3v) is 4.22. The quantitative estimate of drug-likeness (QED) is 0.882. The molecule has 0 aliphatic heterocycles. The lowest BCUT2D eigenvalue weighted by atomic mass is 10.4. The summed E-state index contributed by atoms with van der Waals surface area (Å²) in [5.41, 5.74) is 1.06. The molecule has 2 heterocycles. The molecule has 2 N–H and O–H groups in total. The van der Waals surface area contributed by atoms with Crippen LogP contribution < -0.4 is 10.6 Å². The van der Waals surface area contributed by atoms with Gasteiger partial charge in [0.15, 0.2) is 0 Å². The van der Waals surface area contributed by atoms with E-state index in [0.717, 1.165) is 29.4 Å². The summed E-state index contributed by atoms with van der Waals surface area (Å²) < 4.78 is 1.66. The second kappa shape index (κ2) is 6.66. The zero-order valence-electron chi connectivity index (χ0n) is 12.7. The highest BCUT2D eigenvalue weighted by Gasteiger charge is 2.09. The first-order valence-electron chi connectivity index (χ1n) is 6.87. The molecule has 0 radical (unpaired) electrons. The maximum atomic E-state index is 11.8. The number of anilines is 1. The molecule has 0 unspecified atom stereocenters. The highest BCUT2D eigenvalue weighted by atomic mass is 32.1. The van der Waals surface area contributed by atoms with Gasteiger partial charge in [0.25, 0.3) is 0 Å². The predicted molar refractivity (Wildman–Crippen MR) is 82.7 cm³/mol. The largest absolute Gasteiger partial charge is 0.337 e. The standard InChI is InChI=1S/C13H20N6OS/c1-5-10-16-12(18-19(10)4)17-13(20)14-7-6-11-15-8(2)9(3)21-11/h5-7H2,1-4H3,(H2,14,17,18,20). The Morgan fingerprint density at radius 1 is 1.33 bits per heavy atom. The van der Waals surface area contributed by atoms with E-state index >= 15 is 0 Å². The second-order valence-electron chi connectivity index (χ2n) is 4.71. The molecule has 2 amide bonds. The number of amides is 2. The van der Waals surface area contributed by atoms with Crippen LogP contribution in [0.15, 0.2) is 0 Å². The molecule has 114 valence electrons. The van der Waals surface area contributed by atoms with E-state index < -0.39 is 0 Å². The third kappa shape index (κ3) is 4.01. The molecule has 0 aromatic carbocycles. The maximum Gasteiger partial charge on any atom is 0.321 e. The van der Waals surface area contributed by atoms with Crippen molar-refractivity contribution >= 4 is 23.3 Å². The van der Waals surface area contributed by atoms with Crippen LogP contribution in [0.1, 0.15) is 28.3 Å². The van der Waals surface area contributed by atoms with Crippen molar-refractivity contribution in [3.05, 3.63) is 21.4 Å². The number of aryl methyl sites for hydroxylation is 4. The van der Waals surface area contributed by atoms with Crippen LogP contribution in [0.5, 0.6) is 0 Å². The Kier molecular flexibility index (Phi) is 4.89. The van der Waals surface area contributed by atoms with Crippen molar-refractivity contribution in [2.75, 3.05) is 11.9 Å². The summed E-state index contributed by atoms with van der Waals surface area (Å²) in [6, 6.07) is -0.298.